The van der Waals surface area contributed by atoms with Crippen molar-refractivity contribution in [1.29, 1.82) is 0 Å². The molecule has 2 atom stereocenters. The van der Waals surface area contributed by atoms with Crippen LogP contribution in [-0.4, -0.2) is 35.0 Å². The summed E-state index contributed by atoms with van der Waals surface area (Å²) in [4.78, 5) is 34.1. The summed E-state index contributed by atoms with van der Waals surface area (Å²) in [5.41, 5.74) is -0.628. The maximum absolute atomic E-state index is 12.1. The van der Waals surface area contributed by atoms with Gasteiger partial charge < -0.3 is 15.7 Å². The molecule has 0 aliphatic heterocycles. The Hall–Kier alpha value is -1.59. The number of carboxylic acid groups (broad SMARTS) is 1. The van der Waals surface area contributed by atoms with Crippen LogP contribution in [0.5, 0.6) is 0 Å². The Bertz CT molecular complexity index is 411. The van der Waals surface area contributed by atoms with Crippen LogP contribution in [0.4, 0.5) is 0 Å². The van der Waals surface area contributed by atoms with Crippen molar-refractivity contribution in [2.24, 2.45) is 5.92 Å². The Labute approximate surface area is 132 Å². The van der Waals surface area contributed by atoms with Gasteiger partial charge in [-0.15, -0.1) is 0 Å². The Balaban J connectivity index is 2.30. The summed E-state index contributed by atoms with van der Waals surface area (Å²) in [5, 5.41) is 15.0. The Morgan fingerprint density at radius 2 is 1.91 bits per heavy atom. The first-order chi connectivity index (χ1) is 10.3. The second-order valence-corrected chi connectivity index (χ2v) is 6.40. The second-order valence-electron chi connectivity index (χ2n) is 6.40. The number of unbranched alkanes of at least 4 members (excludes halogenated alkanes) is 2. The molecule has 0 saturated heterocycles. The van der Waals surface area contributed by atoms with Crippen LogP contribution >= 0.6 is 0 Å². The van der Waals surface area contributed by atoms with Gasteiger partial charge in [0.2, 0.25) is 11.8 Å². The van der Waals surface area contributed by atoms with Crippen LogP contribution < -0.4 is 10.6 Å². The highest BCUT2D eigenvalue weighted by molar-refractivity contribution is 5.79. The van der Waals surface area contributed by atoms with Crippen LogP contribution in [0.15, 0.2) is 0 Å². The largest absolute Gasteiger partial charge is 0.481 e. The van der Waals surface area contributed by atoms with E-state index in [2.05, 4.69) is 10.6 Å². The summed E-state index contributed by atoms with van der Waals surface area (Å²) < 4.78 is 0. The molecule has 0 aromatic heterocycles. The molecule has 1 aliphatic rings. The minimum absolute atomic E-state index is 0.0392. The number of aliphatic carboxylic acids is 1. The van der Waals surface area contributed by atoms with Crippen LogP contribution in [0.2, 0.25) is 0 Å². The van der Waals surface area contributed by atoms with E-state index in [9.17, 15) is 19.5 Å². The van der Waals surface area contributed by atoms with Gasteiger partial charge in [0.05, 0.1) is 11.5 Å². The molecule has 1 fully saturated rings. The molecule has 0 aromatic carbocycles. The van der Waals surface area contributed by atoms with Gasteiger partial charge in [-0.3, -0.25) is 14.4 Å². The average Bonchev–Trinajstić information content (AvgIpc) is 2.42. The van der Waals surface area contributed by atoms with Crippen LogP contribution in [0, 0.1) is 5.92 Å². The summed E-state index contributed by atoms with van der Waals surface area (Å²) in [6.45, 7) is 3.96. The number of carbonyl (C=O) groups excluding carboxylic acids is 2. The van der Waals surface area contributed by atoms with Gasteiger partial charge in [0, 0.05) is 19.9 Å². The summed E-state index contributed by atoms with van der Waals surface area (Å²) in [6, 6.07) is 0. The van der Waals surface area contributed by atoms with Crippen molar-refractivity contribution >= 4 is 17.8 Å². The van der Waals surface area contributed by atoms with E-state index in [0.717, 1.165) is 38.5 Å². The minimum Gasteiger partial charge on any atom is -0.481 e. The van der Waals surface area contributed by atoms with E-state index in [1.807, 2.05) is 6.92 Å². The molecular weight excluding hydrogens is 284 g/mol. The molecule has 0 radical (unpaired) electrons. The quantitative estimate of drug-likeness (QED) is 0.596. The van der Waals surface area contributed by atoms with Crippen molar-refractivity contribution in [3.63, 3.8) is 0 Å². The fraction of sp³-hybridized carbons (Fsp3) is 0.812. The Morgan fingerprint density at radius 3 is 2.55 bits per heavy atom. The lowest BCUT2D eigenvalue weighted by atomic mass is 9.74. The molecule has 126 valence electrons. The number of carboxylic acids is 1. The molecule has 0 bridgehead atoms. The number of hydrogen-bond donors (Lipinski definition) is 3. The Morgan fingerprint density at radius 1 is 1.18 bits per heavy atom. The molecule has 1 saturated carbocycles. The SMILES string of the molecule is CC(=O)NCCCCCC(=O)NC1(C)CCCCC1C(=O)O. The molecule has 22 heavy (non-hydrogen) atoms. The molecule has 6 heteroatoms. The van der Waals surface area contributed by atoms with Gasteiger partial charge in [-0.1, -0.05) is 19.3 Å². The maximum atomic E-state index is 12.1. The number of nitrogens with one attached hydrogen (secondary N) is 2. The van der Waals surface area contributed by atoms with Crippen molar-refractivity contribution < 1.29 is 19.5 Å². The third kappa shape index (κ3) is 6.03. The zero-order valence-corrected chi connectivity index (χ0v) is 13.6. The molecular formula is C16H28N2O4. The predicted molar refractivity (Wildman–Crippen MR) is 83.3 cm³/mol. The van der Waals surface area contributed by atoms with Gasteiger partial charge in [-0.2, -0.15) is 0 Å². The van der Waals surface area contributed by atoms with Gasteiger partial charge in [0.15, 0.2) is 0 Å². The van der Waals surface area contributed by atoms with E-state index >= 15 is 0 Å². The summed E-state index contributed by atoms with van der Waals surface area (Å²) >= 11 is 0. The lowest BCUT2D eigenvalue weighted by molar-refractivity contribution is -0.146. The molecule has 0 aromatic rings. The lowest BCUT2D eigenvalue weighted by Crippen LogP contribution is -2.55. The fourth-order valence-electron chi connectivity index (χ4n) is 3.11. The van der Waals surface area contributed by atoms with Crippen molar-refractivity contribution in [1.82, 2.24) is 10.6 Å². The molecule has 1 aliphatic carbocycles. The molecule has 2 unspecified atom stereocenters. The summed E-state index contributed by atoms with van der Waals surface area (Å²) in [7, 11) is 0. The van der Waals surface area contributed by atoms with Crippen molar-refractivity contribution in [2.75, 3.05) is 6.54 Å². The van der Waals surface area contributed by atoms with Gasteiger partial charge in [0.25, 0.3) is 0 Å². The lowest BCUT2D eigenvalue weighted by Gasteiger charge is -2.39. The first-order valence-corrected chi connectivity index (χ1v) is 8.13. The van der Waals surface area contributed by atoms with E-state index < -0.39 is 17.4 Å². The maximum Gasteiger partial charge on any atom is 0.308 e. The monoisotopic (exact) mass is 312 g/mol. The van der Waals surface area contributed by atoms with Crippen LogP contribution in [0.3, 0.4) is 0 Å². The second kappa shape index (κ2) is 8.76. The molecule has 1 rings (SSSR count). The number of rotatable bonds is 8. The zero-order chi connectivity index (χ0) is 16.6. The highest BCUT2D eigenvalue weighted by Crippen LogP contribution is 2.33. The first kappa shape index (κ1) is 18.5. The summed E-state index contributed by atoms with van der Waals surface area (Å²) in [5.74, 6) is -1.43. The number of carbonyl (C=O) groups is 3. The van der Waals surface area contributed by atoms with E-state index in [1.54, 1.807) is 0 Å². The highest BCUT2D eigenvalue weighted by Gasteiger charge is 2.41. The van der Waals surface area contributed by atoms with E-state index in [4.69, 9.17) is 0 Å². The van der Waals surface area contributed by atoms with E-state index in [1.165, 1.54) is 6.92 Å². The van der Waals surface area contributed by atoms with Crippen molar-refractivity contribution in [3.8, 4) is 0 Å². The summed E-state index contributed by atoms with van der Waals surface area (Å²) in [6.07, 6.45) is 6.08. The molecule has 3 N–H and O–H groups in total. The Kier molecular flexibility index (Phi) is 7.35. The van der Waals surface area contributed by atoms with Crippen molar-refractivity contribution in [2.45, 2.75) is 70.8 Å². The topological polar surface area (TPSA) is 95.5 Å². The molecule has 6 nitrogen and oxygen atoms in total. The number of hydrogen-bond acceptors (Lipinski definition) is 3. The van der Waals surface area contributed by atoms with E-state index in [0.29, 0.717) is 19.4 Å². The normalized spacial score (nSPS) is 24.5. The standard InChI is InChI=1S/C16H28N2O4/c1-12(19)17-11-7-3-4-9-14(20)18-16(2)10-6-5-8-13(16)15(21)22/h13H,3-11H2,1-2H3,(H,17,19)(H,18,20)(H,21,22). The van der Waals surface area contributed by atoms with Crippen molar-refractivity contribution in [3.05, 3.63) is 0 Å². The third-order valence-electron chi connectivity index (χ3n) is 4.39. The van der Waals surface area contributed by atoms with Gasteiger partial charge in [0.1, 0.15) is 0 Å². The predicted octanol–water partition coefficient (Wildman–Crippen LogP) is 1.83. The minimum atomic E-state index is -0.821. The van der Waals surface area contributed by atoms with Crippen LogP contribution in [0.1, 0.15) is 65.2 Å². The zero-order valence-electron chi connectivity index (χ0n) is 13.6. The van der Waals surface area contributed by atoms with Crippen LogP contribution in [0.25, 0.3) is 0 Å². The fourth-order valence-corrected chi connectivity index (χ4v) is 3.11. The highest BCUT2D eigenvalue weighted by atomic mass is 16.4. The average molecular weight is 312 g/mol. The molecule has 0 spiro atoms. The van der Waals surface area contributed by atoms with Crippen LogP contribution in [-0.2, 0) is 14.4 Å². The van der Waals surface area contributed by atoms with Gasteiger partial charge in [-0.05, 0) is 32.6 Å². The van der Waals surface area contributed by atoms with E-state index in [-0.39, 0.29) is 11.8 Å². The third-order valence-corrected chi connectivity index (χ3v) is 4.39. The first-order valence-electron chi connectivity index (χ1n) is 8.13. The molecule has 0 heterocycles. The molecule has 2 amide bonds. The van der Waals surface area contributed by atoms with Gasteiger partial charge >= 0.3 is 5.97 Å². The number of amides is 2. The van der Waals surface area contributed by atoms with Gasteiger partial charge in [-0.25, -0.2) is 0 Å². The smallest absolute Gasteiger partial charge is 0.308 e.